The number of ether oxygens (including phenoxy) is 5. The van der Waals surface area contributed by atoms with Crippen LogP contribution in [-0.4, -0.2) is 152 Å². The van der Waals surface area contributed by atoms with E-state index in [2.05, 4.69) is 34.6 Å². The van der Waals surface area contributed by atoms with Crippen molar-refractivity contribution in [2.45, 2.75) is 165 Å². The molecule has 22 atom stereocenters. The second kappa shape index (κ2) is 16.0. The van der Waals surface area contributed by atoms with E-state index in [9.17, 15) is 46.0 Å². The molecule has 0 amide bonds. The maximum Gasteiger partial charge on any atom is 0.186 e. The summed E-state index contributed by atoms with van der Waals surface area (Å²) in [5, 5.41) is 98.6. The number of fused-ring (bicyclic) bond motifs is 5. The molecule has 4 saturated carbocycles. The zero-order valence-corrected chi connectivity index (χ0v) is 32.3. The fourth-order valence-electron chi connectivity index (χ4n) is 12.3. The van der Waals surface area contributed by atoms with Crippen molar-refractivity contribution in [1.82, 2.24) is 0 Å². The van der Waals surface area contributed by atoms with Gasteiger partial charge < -0.3 is 69.6 Å². The standard InChI is InChI=1S/C39H68O14/c1-18(20(3)15-50-35-32(47)28(43)24(41)16-51-35)7-8-19(2)27-30(45)31(46)34-38(27,5)12-10-26-37(4)11-9-21(13-22(37)23(40)14-39(26,34)48)53-36-33(49-6)29(44)25(42)17-52-36/h18-36,40-48H,7-17H2,1-6H3/t18?,19-,20?,21+,22?,23-,24-,25-,26?,27+,28+,29+,30-,31+,32-,33-,34?,35-,36+,37+,38-,39+/m1/s1. The van der Waals surface area contributed by atoms with Gasteiger partial charge in [0.2, 0.25) is 0 Å². The highest BCUT2D eigenvalue weighted by atomic mass is 16.7. The Hall–Kier alpha value is -0.560. The highest BCUT2D eigenvalue weighted by molar-refractivity contribution is 5.22. The van der Waals surface area contributed by atoms with Crippen LogP contribution in [0.4, 0.5) is 0 Å². The van der Waals surface area contributed by atoms with Crippen molar-refractivity contribution < 1.29 is 69.6 Å². The van der Waals surface area contributed by atoms with Gasteiger partial charge in [-0.1, -0.05) is 47.5 Å². The summed E-state index contributed by atoms with van der Waals surface area (Å²) in [6.45, 7) is 10.7. The Morgan fingerprint density at radius 1 is 0.717 bits per heavy atom. The van der Waals surface area contributed by atoms with Gasteiger partial charge in [0, 0.05) is 19.4 Å². The molecular formula is C39H68O14. The van der Waals surface area contributed by atoms with E-state index in [4.69, 9.17) is 23.7 Å². The van der Waals surface area contributed by atoms with Crippen molar-refractivity contribution in [2.24, 2.45) is 52.3 Å². The molecule has 0 radical (unpaired) electrons. The molecule has 0 aromatic carbocycles. The van der Waals surface area contributed by atoms with Gasteiger partial charge in [-0.2, -0.15) is 0 Å². The zero-order valence-electron chi connectivity index (χ0n) is 32.3. The van der Waals surface area contributed by atoms with Crippen LogP contribution in [0.2, 0.25) is 0 Å². The second-order valence-electron chi connectivity index (χ2n) is 18.5. The van der Waals surface area contributed by atoms with Crippen LogP contribution < -0.4 is 0 Å². The van der Waals surface area contributed by atoms with Gasteiger partial charge in [0.05, 0.1) is 49.8 Å². The Kier molecular flexibility index (Phi) is 12.7. The lowest BCUT2D eigenvalue weighted by molar-refractivity contribution is -0.303. The van der Waals surface area contributed by atoms with Gasteiger partial charge in [-0.15, -0.1) is 0 Å². The van der Waals surface area contributed by atoms with Crippen molar-refractivity contribution >= 4 is 0 Å². The van der Waals surface area contributed by atoms with Gasteiger partial charge in [-0.3, -0.25) is 0 Å². The van der Waals surface area contributed by atoms with Crippen molar-refractivity contribution in [2.75, 3.05) is 26.9 Å². The normalized spacial score (nSPS) is 53.3. The molecule has 9 N–H and O–H groups in total. The predicted octanol–water partition coefficient (Wildman–Crippen LogP) is 0.295. The maximum atomic E-state index is 12.8. The van der Waals surface area contributed by atoms with E-state index < -0.39 is 89.9 Å². The van der Waals surface area contributed by atoms with Crippen molar-refractivity contribution in [3.05, 3.63) is 0 Å². The molecule has 2 aliphatic heterocycles. The van der Waals surface area contributed by atoms with Crippen molar-refractivity contribution in [1.29, 1.82) is 0 Å². The Balaban J connectivity index is 1.09. The van der Waals surface area contributed by atoms with E-state index in [-0.39, 0.29) is 61.2 Å². The molecular weight excluding hydrogens is 692 g/mol. The lowest BCUT2D eigenvalue weighted by Gasteiger charge is -2.66. The van der Waals surface area contributed by atoms with Gasteiger partial charge in [0.1, 0.15) is 36.6 Å². The first-order chi connectivity index (χ1) is 24.9. The van der Waals surface area contributed by atoms with E-state index in [0.717, 1.165) is 19.3 Å². The van der Waals surface area contributed by atoms with Crippen molar-refractivity contribution in [3.8, 4) is 0 Å². The maximum absolute atomic E-state index is 12.8. The van der Waals surface area contributed by atoms with Gasteiger partial charge in [0.25, 0.3) is 0 Å². The van der Waals surface area contributed by atoms with Crippen LogP contribution in [0.25, 0.3) is 0 Å². The van der Waals surface area contributed by atoms with Crippen LogP contribution in [0.15, 0.2) is 0 Å². The van der Waals surface area contributed by atoms with Crippen LogP contribution in [0, 0.1) is 52.3 Å². The molecule has 14 heteroatoms. The summed E-state index contributed by atoms with van der Waals surface area (Å²) >= 11 is 0. The molecule has 6 fully saturated rings. The Bertz CT molecular complexity index is 1230. The van der Waals surface area contributed by atoms with E-state index in [1.807, 2.05) is 0 Å². The van der Waals surface area contributed by atoms with Gasteiger partial charge >= 0.3 is 0 Å². The first kappa shape index (κ1) is 42.1. The number of rotatable bonds is 11. The molecule has 0 spiro atoms. The third-order valence-corrected chi connectivity index (χ3v) is 15.5. The third-order valence-electron chi connectivity index (χ3n) is 15.5. The number of hydrogen-bond donors (Lipinski definition) is 9. The monoisotopic (exact) mass is 760 g/mol. The summed E-state index contributed by atoms with van der Waals surface area (Å²) < 4.78 is 28.6. The van der Waals surface area contributed by atoms with Gasteiger partial charge in [0.15, 0.2) is 12.6 Å². The predicted molar refractivity (Wildman–Crippen MR) is 189 cm³/mol. The number of hydrogen-bond acceptors (Lipinski definition) is 14. The topological polar surface area (TPSA) is 228 Å². The Morgan fingerprint density at radius 2 is 1.36 bits per heavy atom. The SMILES string of the molecule is CO[C@H]1[C@H](O[C@H]2CC[C@@]3(C)C(C2)[C@H](O)C[C@]2(O)C3CC[C@@]3(C)C2[C@@H](O)[C@H](O)[C@@H]3[C@H](C)CCC(C)C(C)CO[C@@H]2OC[C@@H](O)[C@H](O)[C@H]2O)OC[C@@H](O)[C@@H]1O. The molecule has 14 nitrogen and oxygen atoms in total. The van der Waals surface area contributed by atoms with Crippen LogP contribution in [-0.2, 0) is 23.7 Å². The molecule has 2 heterocycles. The Morgan fingerprint density at radius 3 is 2.04 bits per heavy atom. The minimum absolute atomic E-state index is 0.0347. The lowest BCUT2D eigenvalue weighted by Crippen LogP contribution is -2.69. The summed E-state index contributed by atoms with van der Waals surface area (Å²) in [5.74, 6) is -0.885. The molecule has 5 unspecified atom stereocenters. The molecule has 53 heavy (non-hydrogen) atoms. The minimum Gasteiger partial charge on any atom is -0.393 e. The van der Waals surface area contributed by atoms with Crippen molar-refractivity contribution in [3.63, 3.8) is 0 Å². The summed E-state index contributed by atoms with van der Waals surface area (Å²) in [5.41, 5.74) is -2.36. The average Bonchev–Trinajstić information content (AvgIpc) is 3.32. The molecule has 0 aromatic heterocycles. The van der Waals surface area contributed by atoms with Crippen LogP contribution in [0.5, 0.6) is 0 Å². The number of methoxy groups -OCH3 is 1. The third kappa shape index (κ3) is 7.39. The summed E-state index contributed by atoms with van der Waals surface area (Å²) in [6.07, 6.45) is -7.01. The smallest absolute Gasteiger partial charge is 0.186 e. The second-order valence-corrected chi connectivity index (χ2v) is 18.5. The van der Waals surface area contributed by atoms with E-state index in [1.54, 1.807) is 0 Å². The quantitative estimate of drug-likeness (QED) is 0.129. The number of aliphatic hydroxyl groups is 9. The van der Waals surface area contributed by atoms with Crippen LogP contribution in [0.3, 0.4) is 0 Å². The molecule has 4 aliphatic carbocycles. The number of aliphatic hydroxyl groups excluding tert-OH is 8. The molecule has 2 saturated heterocycles. The zero-order chi connectivity index (χ0) is 38.8. The van der Waals surface area contributed by atoms with Gasteiger partial charge in [-0.25, -0.2) is 0 Å². The highest BCUT2D eigenvalue weighted by Crippen LogP contribution is 2.70. The largest absolute Gasteiger partial charge is 0.393 e. The molecule has 6 aliphatic rings. The summed E-state index contributed by atoms with van der Waals surface area (Å²) in [6, 6.07) is 0. The lowest BCUT2D eigenvalue weighted by atomic mass is 9.41. The minimum atomic E-state index is -1.37. The molecule has 308 valence electrons. The fourth-order valence-corrected chi connectivity index (χ4v) is 12.3. The first-order valence-electron chi connectivity index (χ1n) is 20.1. The van der Waals surface area contributed by atoms with E-state index >= 15 is 0 Å². The molecule has 6 rings (SSSR count). The first-order valence-corrected chi connectivity index (χ1v) is 20.1. The summed E-state index contributed by atoms with van der Waals surface area (Å²) in [7, 11) is 1.44. The molecule has 0 aromatic rings. The van der Waals surface area contributed by atoms with E-state index in [1.165, 1.54) is 7.11 Å². The van der Waals surface area contributed by atoms with Crippen LogP contribution >= 0.6 is 0 Å². The van der Waals surface area contributed by atoms with E-state index in [0.29, 0.717) is 32.3 Å². The molecule has 0 bridgehead atoms. The average molecular weight is 761 g/mol. The highest BCUT2D eigenvalue weighted by Gasteiger charge is 2.72. The van der Waals surface area contributed by atoms with Gasteiger partial charge in [-0.05, 0) is 78.4 Å². The fraction of sp³-hybridized carbons (Fsp3) is 1.00. The van der Waals surface area contributed by atoms with Crippen LogP contribution in [0.1, 0.15) is 86.0 Å². The summed E-state index contributed by atoms with van der Waals surface area (Å²) in [4.78, 5) is 0. The Labute approximate surface area is 313 Å².